The van der Waals surface area contributed by atoms with Gasteiger partial charge in [-0.05, 0) is 36.8 Å². The second-order valence-electron chi connectivity index (χ2n) is 5.44. The molecule has 3 atom stereocenters. The highest BCUT2D eigenvalue weighted by Gasteiger charge is 2.30. The minimum absolute atomic E-state index is 0.0884. The van der Waals surface area contributed by atoms with Gasteiger partial charge in [0.25, 0.3) is 0 Å². The van der Waals surface area contributed by atoms with Crippen LogP contribution in [0.1, 0.15) is 50.8 Å². The van der Waals surface area contributed by atoms with Crippen LogP contribution in [0.15, 0.2) is 18.3 Å². The number of hydrogen-bond acceptors (Lipinski definition) is 4. The van der Waals surface area contributed by atoms with Gasteiger partial charge in [-0.1, -0.05) is 26.2 Å². The van der Waals surface area contributed by atoms with E-state index < -0.39 is 0 Å². The molecule has 1 aliphatic carbocycles. The molecule has 4 nitrogen and oxygen atoms in total. The summed E-state index contributed by atoms with van der Waals surface area (Å²) in [6, 6.07) is 3.93. The minimum atomic E-state index is 0.0884. The molecule has 0 spiro atoms. The Labute approximate surface area is 115 Å². The fraction of sp³-hybridized carbons (Fsp3) is 0.667. The van der Waals surface area contributed by atoms with Gasteiger partial charge in [-0.3, -0.25) is 16.3 Å². The van der Waals surface area contributed by atoms with Gasteiger partial charge in [-0.25, -0.2) is 0 Å². The van der Waals surface area contributed by atoms with Crippen molar-refractivity contribution in [3.63, 3.8) is 0 Å². The molecule has 106 valence electrons. The maximum absolute atomic E-state index is 5.80. The Morgan fingerprint density at radius 2 is 2.37 bits per heavy atom. The lowest BCUT2D eigenvalue weighted by molar-refractivity contribution is 0.204. The summed E-state index contributed by atoms with van der Waals surface area (Å²) >= 11 is 0. The summed E-state index contributed by atoms with van der Waals surface area (Å²) in [6.07, 6.45) is 8.14. The number of nitrogens with one attached hydrogen (secondary N) is 1. The zero-order valence-corrected chi connectivity index (χ0v) is 11.9. The summed E-state index contributed by atoms with van der Waals surface area (Å²) < 4.78 is 5.41. The van der Waals surface area contributed by atoms with Crippen LogP contribution in [-0.2, 0) is 0 Å². The van der Waals surface area contributed by atoms with E-state index >= 15 is 0 Å². The monoisotopic (exact) mass is 263 g/mol. The van der Waals surface area contributed by atoms with Crippen molar-refractivity contribution >= 4 is 0 Å². The van der Waals surface area contributed by atoms with E-state index in [2.05, 4.69) is 17.3 Å². The molecule has 19 heavy (non-hydrogen) atoms. The quantitative estimate of drug-likeness (QED) is 0.633. The van der Waals surface area contributed by atoms with E-state index in [-0.39, 0.29) is 6.04 Å². The first-order valence-electron chi connectivity index (χ1n) is 7.25. The molecule has 1 aromatic rings. The summed E-state index contributed by atoms with van der Waals surface area (Å²) in [4.78, 5) is 4.48. The highest BCUT2D eigenvalue weighted by Crippen LogP contribution is 2.39. The van der Waals surface area contributed by atoms with Crippen molar-refractivity contribution in [1.29, 1.82) is 0 Å². The number of aromatic nitrogens is 1. The number of hydrazine groups is 1. The van der Waals surface area contributed by atoms with Crippen LogP contribution in [0.2, 0.25) is 0 Å². The number of rotatable bonds is 5. The van der Waals surface area contributed by atoms with Crippen molar-refractivity contribution in [2.45, 2.75) is 45.1 Å². The van der Waals surface area contributed by atoms with Crippen LogP contribution in [0.5, 0.6) is 5.75 Å². The summed E-state index contributed by atoms with van der Waals surface area (Å²) in [5, 5.41) is 0. The molecule has 0 aromatic carbocycles. The van der Waals surface area contributed by atoms with Crippen LogP contribution >= 0.6 is 0 Å². The van der Waals surface area contributed by atoms with Crippen LogP contribution < -0.4 is 16.0 Å². The Balaban J connectivity index is 2.19. The molecule has 1 heterocycles. The molecule has 0 radical (unpaired) electrons. The highest BCUT2D eigenvalue weighted by atomic mass is 16.5. The largest absolute Gasteiger partial charge is 0.495 e. The molecule has 1 aromatic heterocycles. The maximum atomic E-state index is 5.80. The van der Waals surface area contributed by atoms with E-state index in [1.807, 2.05) is 18.3 Å². The van der Waals surface area contributed by atoms with E-state index in [9.17, 15) is 0 Å². The Kier molecular flexibility index (Phi) is 5.16. The fourth-order valence-electron chi connectivity index (χ4n) is 3.25. The summed E-state index contributed by atoms with van der Waals surface area (Å²) in [5.41, 5.74) is 3.90. The molecule has 1 fully saturated rings. The fourth-order valence-corrected chi connectivity index (χ4v) is 3.25. The Morgan fingerprint density at radius 1 is 1.53 bits per heavy atom. The normalized spacial score (nSPS) is 25.0. The molecule has 3 N–H and O–H groups in total. The predicted octanol–water partition coefficient (Wildman–Crippen LogP) is 2.81. The van der Waals surface area contributed by atoms with Crippen molar-refractivity contribution in [2.75, 3.05) is 7.11 Å². The number of nitrogens with two attached hydrogens (primary N) is 1. The average molecular weight is 263 g/mol. The second-order valence-corrected chi connectivity index (χ2v) is 5.44. The molecule has 0 amide bonds. The van der Waals surface area contributed by atoms with Crippen LogP contribution in [0.25, 0.3) is 0 Å². The van der Waals surface area contributed by atoms with Gasteiger partial charge < -0.3 is 4.74 Å². The lowest BCUT2D eigenvalue weighted by Gasteiger charge is -2.34. The van der Waals surface area contributed by atoms with Gasteiger partial charge in [0.05, 0.1) is 13.2 Å². The molecule has 1 aliphatic rings. The maximum Gasteiger partial charge on any atom is 0.142 e. The zero-order valence-electron chi connectivity index (χ0n) is 11.9. The molecule has 2 rings (SSSR count). The van der Waals surface area contributed by atoms with Gasteiger partial charge in [-0.15, -0.1) is 0 Å². The first-order chi connectivity index (χ1) is 9.30. The number of pyridine rings is 1. The van der Waals surface area contributed by atoms with Gasteiger partial charge in [0.2, 0.25) is 0 Å². The number of methoxy groups -OCH3 is 1. The third-order valence-corrected chi connectivity index (χ3v) is 4.37. The molecule has 3 unspecified atom stereocenters. The third kappa shape index (κ3) is 3.25. The SMILES string of the molecule is CCC1CCCC(C(NN)c2ncccc2OC)C1. The Morgan fingerprint density at radius 3 is 3.05 bits per heavy atom. The Hall–Kier alpha value is -1.13. The van der Waals surface area contributed by atoms with Crippen molar-refractivity contribution < 1.29 is 4.74 Å². The van der Waals surface area contributed by atoms with Crippen LogP contribution in [0.4, 0.5) is 0 Å². The van der Waals surface area contributed by atoms with E-state index in [0.717, 1.165) is 17.4 Å². The van der Waals surface area contributed by atoms with Crippen molar-refractivity contribution in [3.05, 3.63) is 24.0 Å². The molecular weight excluding hydrogens is 238 g/mol. The van der Waals surface area contributed by atoms with Gasteiger partial charge >= 0.3 is 0 Å². The minimum Gasteiger partial charge on any atom is -0.495 e. The van der Waals surface area contributed by atoms with Gasteiger partial charge in [0.15, 0.2) is 0 Å². The van der Waals surface area contributed by atoms with Crippen LogP contribution in [-0.4, -0.2) is 12.1 Å². The smallest absolute Gasteiger partial charge is 0.142 e. The molecule has 4 heteroatoms. The average Bonchev–Trinajstić information content (AvgIpc) is 2.49. The first kappa shape index (κ1) is 14.3. The summed E-state index contributed by atoms with van der Waals surface area (Å²) in [7, 11) is 1.68. The van der Waals surface area contributed by atoms with E-state index in [1.165, 1.54) is 32.1 Å². The van der Waals surface area contributed by atoms with Crippen molar-refractivity contribution in [2.24, 2.45) is 17.7 Å². The van der Waals surface area contributed by atoms with Gasteiger partial charge in [-0.2, -0.15) is 0 Å². The number of hydrogen-bond donors (Lipinski definition) is 2. The summed E-state index contributed by atoms with van der Waals surface area (Å²) in [6.45, 7) is 2.28. The third-order valence-electron chi connectivity index (χ3n) is 4.37. The van der Waals surface area contributed by atoms with E-state index in [1.54, 1.807) is 7.11 Å². The Bertz CT molecular complexity index is 397. The highest BCUT2D eigenvalue weighted by molar-refractivity contribution is 5.30. The standard InChI is InChI=1S/C15H25N3O/c1-3-11-6-4-7-12(10-11)14(18-16)15-13(19-2)8-5-9-17-15/h5,8-9,11-12,14,18H,3-4,6-7,10,16H2,1-2H3. The second kappa shape index (κ2) is 6.87. The molecule has 0 bridgehead atoms. The number of ether oxygens (including phenoxy) is 1. The van der Waals surface area contributed by atoms with Crippen molar-refractivity contribution in [3.8, 4) is 5.75 Å². The summed E-state index contributed by atoms with van der Waals surface area (Å²) in [5.74, 6) is 8.00. The van der Waals surface area contributed by atoms with E-state index in [0.29, 0.717) is 5.92 Å². The lowest BCUT2D eigenvalue weighted by atomic mass is 9.76. The number of nitrogens with zero attached hydrogens (tertiary/aromatic N) is 1. The topological polar surface area (TPSA) is 60.2 Å². The van der Waals surface area contributed by atoms with Crippen LogP contribution in [0.3, 0.4) is 0 Å². The predicted molar refractivity (Wildman–Crippen MR) is 76.6 cm³/mol. The van der Waals surface area contributed by atoms with Gasteiger partial charge in [0.1, 0.15) is 11.4 Å². The van der Waals surface area contributed by atoms with E-state index in [4.69, 9.17) is 10.6 Å². The zero-order chi connectivity index (χ0) is 13.7. The molecule has 0 saturated heterocycles. The molecular formula is C15H25N3O. The molecule has 0 aliphatic heterocycles. The van der Waals surface area contributed by atoms with Gasteiger partial charge in [0, 0.05) is 6.20 Å². The van der Waals surface area contributed by atoms with Crippen molar-refractivity contribution in [1.82, 2.24) is 10.4 Å². The van der Waals surface area contributed by atoms with Crippen LogP contribution in [0, 0.1) is 11.8 Å². The lowest BCUT2D eigenvalue weighted by Crippen LogP contribution is -2.36. The molecule has 1 saturated carbocycles. The first-order valence-corrected chi connectivity index (χ1v) is 7.25.